The van der Waals surface area contributed by atoms with Crippen molar-refractivity contribution in [2.75, 3.05) is 11.9 Å². The number of nitrogens with one attached hydrogen (secondary N) is 1. The highest BCUT2D eigenvalue weighted by Crippen LogP contribution is 2.33. The van der Waals surface area contributed by atoms with E-state index in [4.69, 9.17) is 4.42 Å². The second kappa shape index (κ2) is 4.81. The molecule has 2 heteroatoms. The third kappa shape index (κ3) is 2.10. The molecule has 3 rings (SSSR count). The zero-order valence-corrected chi connectivity index (χ0v) is 11.2. The minimum absolute atomic E-state index is 0.840. The van der Waals surface area contributed by atoms with Crippen LogP contribution in [-0.4, -0.2) is 6.54 Å². The summed E-state index contributed by atoms with van der Waals surface area (Å²) in [5.74, 6) is 0. The Labute approximate surface area is 112 Å². The van der Waals surface area contributed by atoms with Gasteiger partial charge in [0.25, 0.3) is 0 Å². The maximum atomic E-state index is 5.97. The Bertz CT molecular complexity index is 752. The molecule has 19 heavy (non-hydrogen) atoms. The molecule has 96 valence electrons. The van der Waals surface area contributed by atoms with Crippen molar-refractivity contribution in [2.45, 2.75) is 13.8 Å². The van der Waals surface area contributed by atoms with Crippen LogP contribution in [0, 0.1) is 0 Å². The van der Waals surface area contributed by atoms with Crippen molar-refractivity contribution in [1.82, 2.24) is 0 Å². The van der Waals surface area contributed by atoms with E-state index in [1.54, 1.807) is 0 Å². The van der Waals surface area contributed by atoms with Crippen LogP contribution >= 0.6 is 0 Å². The van der Waals surface area contributed by atoms with Gasteiger partial charge >= 0.3 is 0 Å². The first-order valence-electron chi connectivity index (χ1n) is 6.55. The number of anilines is 1. The lowest BCUT2D eigenvalue weighted by atomic mass is 10.1. The minimum atomic E-state index is 0.840. The first kappa shape index (κ1) is 11.8. The zero-order chi connectivity index (χ0) is 13.2. The highest BCUT2D eigenvalue weighted by molar-refractivity contribution is 6.08. The van der Waals surface area contributed by atoms with Crippen molar-refractivity contribution in [2.24, 2.45) is 0 Å². The highest BCUT2D eigenvalue weighted by Gasteiger charge is 2.09. The lowest BCUT2D eigenvalue weighted by Gasteiger charge is -2.06. The van der Waals surface area contributed by atoms with Gasteiger partial charge in [0.05, 0.1) is 5.69 Å². The molecule has 1 N–H and O–H groups in total. The van der Waals surface area contributed by atoms with E-state index in [1.807, 2.05) is 18.2 Å². The first-order chi connectivity index (χ1) is 9.29. The largest absolute Gasteiger partial charge is 0.454 e. The summed E-state index contributed by atoms with van der Waals surface area (Å²) in [6.07, 6.45) is 2.12. The van der Waals surface area contributed by atoms with Crippen molar-refractivity contribution in [3.8, 4) is 0 Å². The molecule has 0 aliphatic rings. The molecule has 0 unspecified atom stereocenters. The molecule has 0 saturated carbocycles. The van der Waals surface area contributed by atoms with Gasteiger partial charge in [0.2, 0.25) is 0 Å². The van der Waals surface area contributed by atoms with Gasteiger partial charge in [-0.25, -0.2) is 0 Å². The van der Waals surface area contributed by atoms with E-state index in [0.29, 0.717) is 0 Å². The lowest BCUT2D eigenvalue weighted by molar-refractivity contribution is 0.670. The van der Waals surface area contributed by atoms with Crippen LogP contribution in [-0.2, 0) is 0 Å². The number of hydrogen-bond donors (Lipinski definition) is 1. The van der Waals surface area contributed by atoms with E-state index in [-0.39, 0.29) is 0 Å². The zero-order valence-electron chi connectivity index (χ0n) is 11.2. The van der Waals surface area contributed by atoms with Gasteiger partial charge in [-0.2, -0.15) is 0 Å². The van der Waals surface area contributed by atoms with Crippen LogP contribution in [0.1, 0.15) is 13.8 Å². The van der Waals surface area contributed by atoms with E-state index < -0.39 is 0 Å². The molecule has 0 amide bonds. The summed E-state index contributed by atoms with van der Waals surface area (Å²) in [4.78, 5) is 0. The van der Waals surface area contributed by atoms with Gasteiger partial charge in [-0.15, -0.1) is 0 Å². The molecular weight excluding hydrogens is 234 g/mol. The maximum absolute atomic E-state index is 5.97. The van der Waals surface area contributed by atoms with Gasteiger partial charge in [-0.05, 0) is 26.0 Å². The van der Waals surface area contributed by atoms with E-state index in [2.05, 4.69) is 49.5 Å². The topological polar surface area (TPSA) is 25.2 Å². The molecule has 3 aromatic rings. The average molecular weight is 251 g/mol. The molecule has 2 aromatic carbocycles. The molecule has 1 heterocycles. The van der Waals surface area contributed by atoms with Gasteiger partial charge in [0.15, 0.2) is 5.58 Å². The SMILES string of the molecule is C/C=C(/C)CNc1cccc2c1oc1ccccc12. The monoisotopic (exact) mass is 251 g/mol. The smallest absolute Gasteiger partial charge is 0.158 e. The normalized spacial score (nSPS) is 12.2. The molecule has 0 radical (unpaired) electrons. The Morgan fingerprint density at radius 3 is 2.74 bits per heavy atom. The molecule has 0 aliphatic carbocycles. The van der Waals surface area contributed by atoms with Crippen LogP contribution in [0.25, 0.3) is 21.9 Å². The summed E-state index contributed by atoms with van der Waals surface area (Å²) in [5.41, 5.74) is 4.24. The molecule has 0 atom stereocenters. The van der Waals surface area contributed by atoms with Gasteiger partial charge in [0.1, 0.15) is 5.58 Å². The number of allylic oxidation sites excluding steroid dienone is 1. The molecule has 0 bridgehead atoms. The highest BCUT2D eigenvalue weighted by atomic mass is 16.3. The molecule has 2 nitrogen and oxygen atoms in total. The van der Waals surface area contributed by atoms with Crippen LogP contribution in [0.2, 0.25) is 0 Å². The Kier molecular flexibility index (Phi) is 3.00. The summed E-state index contributed by atoms with van der Waals surface area (Å²) in [5, 5.41) is 5.77. The van der Waals surface area contributed by atoms with Crippen LogP contribution in [0.3, 0.4) is 0 Å². The van der Waals surface area contributed by atoms with Crippen molar-refractivity contribution in [3.05, 3.63) is 54.1 Å². The molecule has 0 spiro atoms. The van der Waals surface area contributed by atoms with Crippen molar-refractivity contribution < 1.29 is 4.42 Å². The standard InChI is InChI=1S/C17H17NO/c1-3-12(2)11-18-15-9-6-8-14-13-7-4-5-10-16(13)19-17(14)15/h3-10,18H,11H2,1-2H3/b12-3-. The van der Waals surface area contributed by atoms with Crippen LogP contribution in [0.15, 0.2) is 58.5 Å². The van der Waals surface area contributed by atoms with Crippen molar-refractivity contribution in [1.29, 1.82) is 0 Å². The summed E-state index contributed by atoms with van der Waals surface area (Å²) in [7, 11) is 0. The summed E-state index contributed by atoms with van der Waals surface area (Å²) < 4.78 is 5.97. The van der Waals surface area contributed by atoms with Gasteiger partial charge < -0.3 is 9.73 Å². The summed E-state index contributed by atoms with van der Waals surface area (Å²) in [6, 6.07) is 14.4. The first-order valence-corrected chi connectivity index (χ1v) is 6.55. The van der Waals surface area contributed by atoms with Crippen molar-refractivity contribution >= 4 is 27.6 Å². The van der Waals surface area contributed by atoms with E-state index in [1.165, 1.54) is 16.3 Å². The lowest BCUT2D eigenvalue weighted by Crippen LogP contribution is -2.02. The van der Waals surface area contributed by atoms with Crippen LogP contribution in [0.4, 0.5) is 5.69 Å². The number of fused-ring (bicyclic) bond motifs is 3. The van der Waals surface area contributed by atoms with E-state index >= 15 is 0 Å². The molecule has 1 aromatic heterocycles. The Morgan fingerprint density at radius 1 is 1.11 bits per heavy atom. The second-order valence-corrected chi connectivity index (χ2v) is 4.77. The van der Waals surface area contributed by atoms with E-state index in [9.17, 15) is 0 Å². The Hall–Kier alpha value is -2.22. The number of para-hydroxylation sites is 2. The number of rotatable bonds is 3. The third-order valence-electron chi connectivity index (χ3n) is 3.45. The second-order valence-electron chi connectivity index (χ2n) is 4.77. The quantitative estimate of drug-likeness (QED) is 0.665. The molecular formula is C17H17NO. The fraction of sp³-hybridized carbons (Fsp3) is 0.176. The molecule has 0 fully saturated rings. The van der Waals surface area contributed by atoms with Crippen LogP contribution in [0.5, 0.6) is 0 Å². The Morgan fingerprint density at radius 2 is 1.89 bits per heavy atom. The average Bonchev–Trinajstić information content (AvgIpc) is 2.84. The number of benzene rings is 2. The van der Waals surface area contributed by atoms with E-state index in [0.717, 1.165) is 23.4 Å². The Balaban J connectivity index is 2.10. The van der Waals surface area contributed by atoms with Gasteiger partial charge in [0, 0.05) is 17.3 Å². The third-order valence-corrected chi connectivity index (χ3v) is 3.45. The fourth-order valence-corrected chi connectivity index (χ4v) is 2.22. The maximum Gasteiger partial charge on any atom is 0.158 e. The van der Waals surface area contributed by atoms with Gasteiger partial charge in [-0.1, -0.05) is 42.0 Å². The summed E-state index contributed by atoms with van der Waals surface area (Å²) >= 11 is 0. The van der Waals surface area contributed by atoms with Gasteiger partial charge in [-0.3, -0.25) is 0 Å². The molecule has 0 saturated heterocycles. The molecule has 0 aliphatic heterocycles. The predicted octanol–water partition coefficient (Wildman–Crippen LogP) is 4.96. The summed E-state index contributed by atoms with van der Waals surface area (Å²) in [6.45, 7) is 5.01. The predicted molar refractivity (Wildman–Crippen MR) is 81.6 cm³/mol. The van der Waals surface area contributed by atoms with Crippen LogP contribution < -0.4 is 5.32 Å². The minimum Gasteiger partial charge on any atom is -0.454 e. The fourth-order valence-electron chi connectivity index (χ4n) is 2.22. The number of furan rings is 1. The van der Waals surface area contributed by atoms with Crippen molar-refractivity contribution in [3.63, 3.8) is 0 Å². The number of hydrogen-bond acceptors (Lipinski definition) is 2.